The van der Waals surface area contributed by atoms with Crippen molar-refractivity contribution in [2.24, 2.45) is 10.2 Å². The minimum Gasteiger partial charge on any atom is -0.473 e. The number of hydrogen-bond donors (Lipinski definition) is 2. The number of nitrogens with two attached hydrogens (primary N) is 1. The number of ether oxygens (including phenoxy) is 1. The Balaban J connectivity index is 1.58. The van der Waals surface area contributed by atoms with Gasteiger partial charge in [-0.1, -0.05) is 30.3 Å². The summed E-state index contributed by atoms with van der Waals surface area (Å²) in [5.41, 5.74) is 7.83. The predicted molar refractivity (Wildman–Crippen MR) is 115 cm³/mol. The van der Waals surface area contributed by atoms with Crippen LogP contribution in [0.4, 0.5) is 17.1 Å². The normalized spacial score (nSPS) is 11.8. The highest BCUT2D eigenvalue weighted by molar-refractivity contribution is 7.86. The maximum absolute atomic E-state index is 11.8. The highest BCUT2D eigenvalue weighted by atomic mass is 32.2. The molecule has 0 spiro atoms. The Morgan fingerprint density at radius 1 is 1.00 bits per heavy atom. The van der Waals surface area contributed by atoms with Crippen molar-refractivity contribution < 1.29 is 17.7 Å². The topological polar surface area (TPSA) is 140 Å². The monoisotopic (exact) mass is 435 g/mol. The van der Waals surface area contributed by atoms with E-state index in [0.717, 1.165) is 5.56 Å². The molecule has 0 radical (unpaired) electrons. The summed E-state index contributed by atoms with van der Waals surface area (Å²) in [6.07, 6.45) is 4.85. The zero-order valence-corrected chi connectivity index (χ0v) is 16.9. The molecule has 0 aliphatic heterocycles. The fourth-order valence-electron chi connectivity index (χ4n) is 2.92. The molecule has 156 valence electrons. The first-order valence-corrected chi connectivity index (χ1v) is 10.5. The molecule has 0 aliphatic rings. The first kappa shape index (κ1) is 20.4. The lowest BCUT2D eigenvalue weighted by Gasteiger charge is -2.09. The summed E-state index contributed by atoms with van der Waals surface area (Å²) in [6, 6.07) is 14.8. The van der Waals surface area contributed by atoms with Crippen molar-refractivity contribution in [3.05, 3.63) is 78.8 Å². The molecule has 2 heterocycles. The summed E-state index contributed by atoms with van der Waals surface area (Å²) in [5, 5.41) is 8.88. The van der Waals surface area contributed by atoms with Crippen LogP contribution in [0.25, 0.3) is 10.8 Å². The summed E-state index contributed by atoms with van der Waals surface area (Å²) < 4.78 is 38.8. The number of benzene rings is 2. The van der Waals surface area contributed by atoms with Gasteiger partial charge < -0.3 is 10.5 Å². The molecule has 0 unspecified atom stereocenters. The Kier molecular flexibility index (Phi) is 5.56. The van der Waals surface area contributed by atoms with E-state index in [4.69, 9.17) is 10.5 Å². The molecule has 3 N–H and O–H groups in total. The summed E-state index contributed by atoms with van der Waals surface area (Å²) >= 11 is 0. The number of nitrogens with zero attached hydrogens (tertiary/aromatic N) is 4. The number of hydrogen-bond acceptors (Lipinski definition) is 8. The number of nitrogen functional groups attached to an aromatic ring is 1. The lowest BCUT2D eigenvalue weighted by atomic mass is 10.1. The van der Waals surface area contributed by atoms with E-state index in [0.29, 0.717) is 28.9 Å². The van der Waals surface area contributed by atoms with Gasteiger partial charge in [0, 0.05) is 34.8 Å². The fourth-order valence-corrected chi connectivity index (χ4v) is 3.63. The van der Waals surface area contributed by atoms with Gasteiger partial charge in [0.1, 0.15) is 22.9 Å². The van der Waals surface area contributed by atoms with Crippen LogP contribution >= 0.6 is 0 Å². The van der Waals surface area contributed by atoms with Gasteiger partial charge in [0.15, 0.2) is 0 Å². The summed E-state index contributed by atoms with van der Waals surface area (Å²) in [4.78, 5) is 7.90. The van der Waals surface area contributed by atoms with Crippen LogP contribution in [-0.4, -0.2) is 22.9 Å². The van der Waals surface area contributed by atoms with Crippen molar-refractivity contribution in [1.29, 1.82) is 0 Å². The van der Waals surface area contributed by atoms with Crippen LogP contribution in [0.2, 0.25) is 0 Å². The van der Waals surface area contributed by atoms with E-state index in [-0.39, 0.29) is 16.3 Å². The molecule has 0 saturated heterocycles. The number of fused-ring (bicyclic) bond motifs is 1. The van der Waals surface area contributed by atoms with Gasteiger partial charge in [-0.15, -0.1) is 10.2 Å². The Labute approximate surface area is 178 Å². The summed E-state index contributed by atoms with van der Waals surface area (Å²) in [5.74, 6) is 0.404. The lowest BCUT2D eigenvalue weighted by molar-refractivity contribution is 0.293. The number of azo groups is 1. The van der Waals surface area contributed by atoms with E-state index >= 15 is 0 Å². The van der Waals surface area contributed by atoms with Crippen LogP contribution < -0.4 is 10.5 Å². The molecule has 4 aromatic rings. The average Bonchev–Trinajstić information content (AvgIpc) is 2.78. The number of anilines is 1. The van der Waals surface area contributed by atoms with E-state index in [9.17, 15) is 13.0 Å². The molecule has 0 amide bonds. The fraction of sp³-hybridized carbons (Fsp3) is 0.0476. The van der Waals surface area contributed by atoms with Gasteiger partial charge >= 0.3 is 0 Å². The standard InChI is InChI=1S/C21H17N5O4S/c22-21-17-6-2-1-5-16(17)19(31(27,28)29)10-18(21)26-25-15-7-8-20(24-12-15)30-13-14-4-3-9-23-11-14/h1-12H,13,22H2,(H,27,28,29). The zero-order chi connectivity index (χ0) is 21.8. The van der Waals surface area contributed by atoms with Crippen LogP contribution in [0.3, 0.4) is 0 Å². The van der Waals surface area contributed by atoms with E-state index < -0.39 is 10.1 Å². The molecular formula is C21H17N5O4S. The van der Waals surface area contributed by atoms with Crippen LogP contribution in [0.1, 0.15) is 5.56 Å². The number of pyridine rings is 2. The smallest absolute Gasteiger partial charge is 0.295 e. The molecule has 4 rings (SSSR count). The molecule has 0 saturated carbocycles. The van der Waals surface area contributed by atoms with Gasteiger partial charge in [0.05, 0.1) is 11.9 Å². The SMILES string of the molecule is Nc1c(N=Nc2ccc(OCc3cccnc3)nc2)cc(S(=O)(=O)O)c2ccccc12. The van der Waals surface area contributed by atoms with Crippen LogP contribution in [0.5, 0.6) is 5.88 Å². The Hall–Kier alpha value is -3.89. The van der Waals surface area contributed by atoms with E-state index in [1.807, 2.05) is 12.1 Å². The highest BCUT2D eigenvalue weighted by Gasteiger charge is 2.18. The maximum Gasteiger partial charge on any atom is 0.295 e. The third-order valence-electron chi connectivity index (χ3n) is 4.41. The van der Waals surface area contributed by atoms with Crippen molar-refractivity contribution in [3.8, 4) is 5.88 Å². The second-order valence-electron chi connectivity index (χ2n) is 6.53. The van der Waals surface area contributed by atoms with Gasteiger partial charge in [0.2, 0.25) is 5.88 Å². The molecule has 2 aromatic heterocycles. The van der Waals surface area contributed by atoms with Gasteiger partial charge in [-0.25, -0.2) is 4.98 Å². The third-order valence-corrected chi connectivity index (χ3v) is 5.30. The molecule has 0 bridgehead atoms. The van der Waals surface area contributed by atoms with Crippen molar-refractivity contribution in [3.63, 3.8) is 0 Å². The highest BCUT2D eigenvalue weighted by Crippen LogP contribution is 2.36. The van der Waals surface area contributed by atoms with Gasteiger partial charge in [-0.05, 0) is 18.2 Å². The second-order valence-corrected chi connectivity index (χ2v) is 7.92. The lowest BCUT2D eigenvalue weighted by Crippen LogP contribution is -2.01. The molecule has 0 aliphatic carbocycles. The third kappa shape index (κ3) is 4.65. The van der Waals surface area contributed by atoms with Gasteiger partial charge in [-0.2, -0.15) is 8.42 Å². The van der Waals surface area contributed by atoms with Gasteiger partial charge in [-0.3, -0.25) is 9.54 Å². The Bertz CT molecular complexity index is 1360. The Morgan fingerprint density at radius 2 is 1.81 bits per heavy atom. The van der Waals surface area contributed by atoms with Crippen LogP contribution in [0.15, 0.2) is 88.3 Å². The van der Waals surface area contributed by atoms with Crippen LogP contribution in [0, 0.1) is 0 Å². The zero-order valence-electron chi connectivity index (χ0n) is 16.1. The predicted octanol–water partition coefficient (Wildman–Crippen LogP) is 4.45. The largest absolute Gasteiger partial charge is 0.473 e. The van der Waals surface area contributed by atoms with Crippen molar-refractivity contribution >= 4 is 38.0 Å². The minimum absolute atomic E-state index is 0.114. The van der Waals surface area contributed by atoms with Crippen molar-refractivity contribution in [1.82, 2.24) is 9.97 Å². The first-order valence-electron chi connectivity index (χ1n) is 9.10. The van der Waals surface area contributed by atoms with E-state index in [1.165, 1.54) is 12.3 Å². The maximum atomic E-state index is 11.8. The molecule has 31 heavy (non-hydrogen) atoms. The molecule has 0 fully saturated rings. The van der Waals surface area contributed by atoms with E-state index in [2.05, 4.69) is 20.2 Å². The van der Waals surface area contributed by atoms with Crippen molar-refractivity contribution in [2.75, 3.05) is 5.73 Å². The van der Waals surface area contributed by atoms with Crippen molar-refractivity contribution in [2.45, 2.75) is 11.5 Å². The quantitative estimate of drug-likeness (QED) is 0.259. The molecule has 9 nitrogen and oxygen atoms in total. The van der Waals surface area contributed by atoms with E-state index in [1.54, 1.807) is 48.8 Å². The summed E-state index contributed by atoms with van der Waals surface area (Å²) in [7, 11) is -4.48. The average molecular weight is 435 g/mol. The number of aromatic nitrogens is 2. The Morgan fingerprint density at radius 3 is 2.48 bits per heavy atom. The summed E-state index contributed by atoms with van der Waals surface area (Å²) in [6.45, 7) is 0.327. The molecular weight excluding hydrogens is 418 g/mol. The molecule has 10 heteroatoms. The first-order chi connectivity index (χ1) is 14.9. The minimum atomic E-state index is -4.48. The van der Waals surface area contributed by atoms with Crippen LogP contribution in [-0.2, 0) is 16.7 Å². The second kappa shape index (κ2) is 8.46. The molecule has 2 aromatic carbocycles. The van der Waals surface area contributed by atoms with Gasteiger partial charge in [0.25, 0.3) is 10.1 Å². The number of rotatable bonds is 6. The molecule has 0 atom stereocenters.